The third-order valence-corrected chi connectivity index (χ3v) is 15.9. The highest BCUT2D eigenvalue weighted by atomic mass is 32.2. The van der Waals surface area contributed by atoms with Gasteiger partial charge in [-0.05, 0) is 123 Å². The standard InChI is InChI=1S/C42H69N5O9Si.CHF3O3S/c1-38(2,3)52-35(48)42(13,56-43)34-19-17-30-20-29(16-18-33(30)51-34)31-25-46(24-28-22-45(23-28)37(50)54-40(7,8)9)47(26-31)27-32(55-57(14,15)41(10,11)12)21-44-36(49)53-39(4,5)6;2-1(3,4)8(5,6)7/h16,18,20,25-26,28,32,34H,17,19,21-24,27,43H2,1-15H3;(H,5,6,7). The molecule has 17 nitrogen and oxygen atoms in total. The highest BCUT2D eigenvalue weighted by Gasteiger charge is 2.49. The summed E-state index contributed by atoms with van der Waals surface area (Å²) in [5.74, 6) is 5.98. The van der Waals surface area contributed by atoms with E-state index in [0.29, 0.717) is 44.8 Å². The van der Waals surface area contributed by atoms with E-state index in [2.05, 4.69) is 67.0 Å². The van der Waals surface area contributed by atoms with E-state index in [-0.39, 0.29) is 29.7 Å². The first kappa shape index (κ1) is 55.4. The number of alkyl carbamates (subject to hydrolysis) is 1. The first-order chi connectivity index (χ1) is 29.2. The van der Waals surface area contributed by atoms with Gasteiger partial charge in [0.25, 0.3) is 0 Å². The zero-order chi connectivity index (χ0) is 49.9. The van der Waals surface area contributed by atoms with Crippen LogP contribution in [-0.4, -0.2) is 109 Å². The highest BCUT2D eigenvalue weighted by Crippen LogP contribution is 2.39. The smallest absolute Gasteiger partial charge is 0.485 e. The van der Waals surface area contributed by atoms with Gasteiger partial charge in [0.15, 0.2) is 25.0 Å². The second kappa shape index (κ2) is 20.1. The molecule has 2 amide bonds. The van der Waals surface area contributed by atoms with Gasteiger partial charge < -0.3 is 38.1 Å². The summed E-state index contributed by atoms with van der Waals surface area (Å²) in [4.78, 5) is 45.7. The topological polar surface area (TPSA) is 214 Å². The quantitative estimate of drug-likeness (QED) is 0.0419. The van der Waals surface area contributed by atoms with Gasteiger partial charge >= 0.3 is 23.7 Å². The van der Waals surface area contributed by atoms with Crippen molar-refractivity contribution >= 4 is 36.6 Å². The van der Waals surface area contributed by atoms with E-state index in [4.69, 9.17) is 47.1 Å². The fraction of sp³-hybridized carbons (Fsp3) is 0.721. The van der Waals surface area contributed by atoms with E-state index in [1.54, 1.807) is 32.6 Å². The predicted molar refractivity (Wildman–Crippen MR) is 236 cm³/mol. The SMILES string of the molecule is CC(C)(C)OC(=O)NCC(Cn1cc(-c2ccc3c(c2)CCC(C(C)(ON)C(=O)OC(C)(C)C)O3)c[n+]1CC1CN(C(=O)OC(C)(C)C)C1)O[Si](C)(C)C(C)(C)C.O=S(=O)([O-])C(F)(F)F. The molecule has 2 aromatic rings. The Morgan fingerprint density at radius 3 is 1.97 bits per heavy atom. The summed E-state index contributed by atoms with van der Waals surface area (Å²) in [6.07, 6.45) is 3.56. The van der Waals surface area contributed by atoms with Gasteiger partial charge in [0.05, 0.1) is 23.8 Å². The average Bonchev–Trinajstić information content (AvgIpc) is 3.49. The van der Waals surface area contributed by atoms with E-state index in [0.717, 1.165) is 16.7 Å². The number of amides is 2. The lowest BCUT2D eigenvalue weighted by Crippen LogP contribution is -2.58. The number of aryl methyl sites for hydroxylation is 1. The maximum absolute atomic E-state index is 13.2. The third-order valence-electron chi connectivity index (χ3n) is 10.8. The fourth-order valence-electron chi connectivity index (χ4n) is 6.44. The summed E-state index contributed by atoms with van der Waals surface area (Å²) in [5.41, 5.74) is -6.08. The number of rotatable bonds is 12. The first-order valence-corrected chi connectivity index (χ1v) is 25.7. The number of halogens is 3. The van der Waals surface area contributed by atoms with Crippen LogP contribution in [0.4, 0.5) is 22.8 Å². The number of aromatic nitrogens is 2. The average molecular weight is 966 g/mol. The molecule has 0 spiro atoms. The number of carbonyl (C=O) groups excluding carboxylic acids is 3. The number of alkyl halides is 3. The van der Waals surface area contributed by atoms with Crippen molar-refractivity contribution in [3.8, 4) is 16.9 Å². The van der Waals surface area contributed by atoms with Crippen molar-refractivity contribution in [2.45, 2.75) is 174 Å². The van der Waals surface area contributed by atoms with Gasteiger partial charge in [-0.3, -0.25) is 4.84 Å². The number of nitrogens with two attached hydrogens (primary N) is 1. The van der Waals surface area contributed by atoms with E-state index < -0.39 is 64.5 Å². The molecule has 1 fully saturated rings. The van der Waals surface area contributed by atoms with Gasteiger partial charge in [-0.1, -0.05) is 26.8 Å². The van der Waals surface area contributed by atoms with Gasteiger partial charge in [0, 0.05) is 19.6 Å². The number of hydrogen-bond donors (Lipinski definition) is 2. The van der Waals surface area contributed by atoms with E-state index in [1.807, 2.05) is 53.7 Å². The van der Waals surface area contributed by atoms with E-state index in [9.17, 15) is 27.6 Å². The molecule has 0 radical (unpaired) electrons. The molecule has 1 aromatic carbocycles. The largest absolute Gasteiger partial charge is 0.741 e. The molecule has 370 valence electrons. The molecule has 0 aliphatic carbocycles. The Bertz CT molecular complexity index is 2100. The predicted octanol–water partition coefficient (Wildman–Crippen LogP) is 6.96. The van der Waals surface area contributed by atoms with Gasteiger partial charge in [0.1, 0.15) is 35.2 Å². The van der Waals surface area contributed by atoms with Crippen LogP contribution in [-0.2, 0) is 57.9 Å². The number of benzene rings is 1. The Labute approximate surface area is 382 Å². The molecular formula is C43H70F3N5O12SSi. The van der Waals surface area contributed by atoms with Gasteiger partial charge in [0.2, 0.25) is 11.8 Å². The summed E-state index contributed by atoms with van der Waals surface area (Å²) < 4.78 is 93.4. The zero-order valence-corrected chi connectivity index (χ0v) is 42.2. The number of hydrogen-bond acceptors (Lipinski definition) is 13. The summed E-state index contributed by atoms with van der Waals surface area (Å²) in [7, 11) is -8.36. The summed E-state index contributed by atoms with van der Waals surface area (Å²) in [6.45, 7) is 31.7. The van der Waals surface area contributed by atoms with Crippen LogP contribution >= 0.6 is 0 Å². The number of fused-ring (bicyclic) bond motifs is 1. The van der Waals surface area contributed by atoms with Crippen LogP contribution in [0, 0.1) is 5.92 Å². The van der Waals surface area contributed by atoms with Crippen LogP contribution in [0.3, 0.4) is 0 Å². The molecule has 2 aliphatic heterocycles. The van der Waals surface area contributed by atoms with Gasteiger partial charge in [-0.2, -0.15) is 17.9 Å². The molecule has 3 heterocycles. The Kier molecular flexibility index (Phi) is 17.1. The lowest BCUT2D eigenvalue weighted by atomic mass is 9.89. The fourth-order valence-corrected chi connectivity index (χ4v) is 7.78. The normalized spacial score (nSPS) is 17.8. The molecule has 0 bridgehead atoms. The van der Waals surface area contributed by atoms with Crippen molar-refractivity contribution < 1.29 is 73.4 Å². The lowest BCUT2D eigenvalue weighted by Gasteiger charge is -2.39. The maximum atomic E-state index is 13.2. The van der Waals surface area contributed by atoms with Crippen LogP contribution in [0.1, 0.15) is 102 Å². The molecule has 3 N–H and O–H groups in total. The molecule has 3 unspecified atom stereocenters. The molecule has 4 rings (SSSR count). The van der Waals surface area contributed by atoms with Crippen LogP contribution in [0.15, 0.2) is 30.6 Å². The number of likely N-dealkylation sites (tertiary alicyclic amines) is 1. The highest BCUT2D eigenvalue weighted by molar-refractivity contribution is 7.86. The van der Waals surface area contributed by atoms with Crippen molar-refractivity contribution in [2.24, 2.45) is 11.8 Å². The van der Waals surface area contributed by atoms with Gasteiger partial charge in [-0.15, -0.1) is 4.68 Å². The number of esters is 1. The maximum Gasteiger partial charge on any atom is 0.485 e. The minimum atomic E-state index is -6.09. The molecular weight excluding hydrogens is 896 g/mol. The number of nitrogens with one attached hydrogen (secondary N) is 1. The van der Waals surface area contributed by atoms with Crippen LogP contribution in [0.5, 0.6) is 5.75 Å². The number of ether oxygens (including phenoxy) is 4. The minimum Gasteiger partial charge on any atom is -0.741 e. The van der Waals surface area contributed by atoms with Crippen molar-refractivity contribution in [3.63, 3.8) is 0 Å². The van der Waals surface area contributed by atoms with Crippen molar-refractivity contribution in [3.05, 3.63) is 36.2 Å². The Morgan fingerprint density at radius 2 is 1.48 bits per heavy atom. The number of nitrogens with zero attached hydrogens (tertiary/aromatic N) is 3. The Morgan fingerprint density at radius 1 is 0.923 bits per heavy atom. The minimum absolute atomic E-state index is 0.0587. The van der Waals surface area contributed by atoms with Crippen molar-refractivity contribution in [1.82, 2.24) is 14.9 Å². The molecule has 2 aliphatic rings. The summed E-state index contributed by atoms with van der Waals surface area (Å²) >= 11 is 0. The second-order valence-electron chi connectivity index (χ2n) is 21.2. The van der Waals surface area contributed by atoms with E-state index in [1.165, 1.54) is 0 Å². The monoisotopic (exact) mass is 965 g/mol. The van der Waals surface area contributed by atoms with Crippen molar-refractivity contribution in [2.75, 3.05) is 19.6 Å². The molecule has 3 atom stereocenters. The Hall–Kier alpha value is -3.96. The lowest BCUT2D eigenvalue weighted by molar-refractivity contribution is -0.782. The zero-order valence-electron chi connectivity index (χ0n) is 40.4. The Balaban J connectivity index is 0.00000128. The molecule has 1 saturated heterocycles. The second-order valence-corrected chi connectivity index (χ2v) is 27.3. The summed E-state index contributed by atoms with van der Waals surface area (Å²) in [5, 5.41) is 2.90. The van der Waals surface area contributed by atoms with Crippen LogP contribution in [0.2, 0.25) is 18.1 Å². The number of carbonyl (C=O) groups is 3. The van der Waals surface area contributed by atoms with Crippen molar-refractivity contribution in [1.29, 1.82) is 0 Å². The third kappa shape index (κ3) is 16.1. The molecule has 22 heteroatoms. The van der Waals surface area contributed by atoms with Crippen LogP contribution in [0.25, 0.3) is 11.1 Å². The first-order valence-electron chi connectivity index (χ1n) is 21.4. The molecule has 0 saturated carbocycles. The van der Waals surface area contributed by atoms with E-state index >= 15 is 0 Å². The van der Waals surface area contributed by atoms with Gasteiger partial charge in [-0.25, -0.2) is 28.7 Å². The van der Waals surface area contributed by atoms with Crippen LogP contribution < -0.4 is 20.6 Å². The molecule has 1 aromatic heterocycles. The molecule has 65 heavy (non-hydrogen) atoms. The summed E-state index contributed by atoms with van der Waals surface area (Å²) in [6, 6.07) is 6.04.